The van der Waals surface area contributed by atoms with Crippen molar-refractivity contribution in [1.29, 1.82) is 0 Å². The molecule has 4 nitrogen and oxygen atoms in total. The van der Waals surface area contributed by atoms with Crippen LogP contribution >= 0.6 is 0 Å². The van der Waals surface area contributed by atoms with Crippen LogP contribution in [0.1, 0.15) is 38.7 Å². The molecular weight excluding hydrogens is 285 g/mol. The van der Waals surface area contributed by atoms with Gasteiger partial charge in [-0.1, -0.05) is 12.1 Å². The normalized spacial score (nSPS) is 21.5. The second-order valence-electron chi connectivity index (χ2n) is 5.89. The average molecular weight is 307 g/mol. The largest absolute Gasteiger partial charge is 0.455 e. The lowest BCUT2D eigenvalue weighted by Gasteiger charge is -2.38. The van der Waals surface area contributed by atoms with Gasteiger partial charge in [-0.05, 0) is 50.8 Å². The fourth-order valence-electron chi connectivity index (χ4n) is 2.95. The Bertz CT molecular complexity index is 519. The van der Waals surface area contributed by atoms with Gasteiger partial charge in [-0.15, -0.1) is 0 Å². The van der Waals surface area contributed by atoms with Crippen molar-refractivity contribution >= 4 is 11.9 Å². The summed E-state index contributed by atoms with van der Waals surface area (Å²) in [6.07, 6.45) is 3.13. The Hall–Kier alpha value is -1.91. The molecule has 1 aromatic rings. The lowest BCUT2D eigenvalue weighted by Crippen LogP contribution is -2.49. The predicted octanol–water partition coefficient (Wildman–Crippen LogP) is 2.70. The molecule has 0 unspecified atom stereocenters. The summed E-state index contributed by atoms with van der Waals surface area (Å²) in [7, 11) is 0. The Morgan fingerprint density at radius 3 is 2.36 bits per heavy atom. The van der Waals surface area contributed by atoms with Crippen LogP contribution in [-0.4, -0.2) is 35.5 Å². The number of hydrogen-bond donors (Lipinski definition) is 0. The lowest BCUT2D eigenvalue weighted by atomic mass is 9.97. The third kappa shape index (κ3) is 4.29. The van der Waals surface area contributed by atoms with E-state index in [0.717, 1.165) is 19.3 Å². The van der Waals surface area contributed by atoms with Crippen LogP contribution in [0.15, 0.2) is 24.3 Å². The van der Waals surface area contributed by atoms with Crippen LogP contribution in [0.5, 0.6) is 0 Å². The Balaban J connectivity index is 1.82. The van der Waals surface area contributed by atoms with Gasteiger partial charge in [0.25, 0.3) is 5.91 Å². The fraction of sp³-hybridized carbons (Fsp3) is 0.529. The van der Waals surface area contributed by atoms with Crippen molar-refractivity contribution in [3.63, 3.8) is 0 Å². The molecule has 1 fully saturated rings. The number of piperidine rings is 1. The standard InChI is InChI=1S/C17H22FNO3/c1-12-4-3-5-13(2)19(12)16(20)11-22-17(21)10-14-6-8-15(18)9-7-14/h6-9,12-13H,3-5,10-11H2,1-2H3/t12-,13-/m0/s1. The number of carbonyl (C=O) groups is 2. The number of hydrogen-bond acceptors (Lipinski definition) is 3. The quantitative estimate of drug-likeness (QED) is 0.804. The van der Waals surface area contributed by atoms with E-state index in [1.54, 1.807) is 0 Å². The van der Waals surface area contributed by atoms with Crippen molar-refractivity contribution in [1.82, 2.24) is 4.90 Å². The van der Waals surface area contributed by atoms with Crippen LogP contribution < -0.4 is 0 Å². The van der Waals surface area contributed by atoms with Gasteiger partial charge in [-0.25, -0.2) is 4.39 Å². The van der Waals surface area contributed by atoms with Gasteiger partial charge in [0.05, 0.1) is 6.42 Å². The Morgan fingerprint density at radius 2 is 1.77 bits per heavy atom. The van der Waals surface area contributed by atoms with Gasteiger partial charge in [0.1, 0.15) is 5.82 Å². The summed E-state index contributed by atoms with van der Waals surface area (Å²) in [5.74, 6) is -0.968. The van der Waals surface area contributed by atoms with Gasteiger partial charge in [-0.3, -0.25) is 9.59 Å². The van der Waals surface area contributed by atoms with Gasteiger partial charge in [0, 0.05) is 12.1 Å². The zero-order valence-corrected chi connectivity index (χ0v) is 13.0. The number of ether oxygens (including phenoxy) is 1. The molecule has 2 atom stereocenters. The topological polar surface area (TPSA) is 46.6 Å². The molecule has 0 bridgehead atoms. The minimum atomic E-state index is -0.475. The summed E-state index contributed by atoms with van der Waals surface area (Å²) in [5.41, 5.74) is 0.665. The molecule has 2 rings (SSSR count). The van der Waals surface area contributed by atoms with Gasteiger partial charge < -0.3 is 9.64 Å². The molecule has 0 aliphatic carbocycles. The predicted molar refractivity (Wildman–Crippen MR) is 80.7 cm³/mol. The number of carbonyl (C=O) groups excluding carboxylic acids is 2. The molecule has 5 heteroatoms. The summed E-state index contributed by atoms with van der Waals surface area (Å²) in [6.45, 7) is 3.82. The van der Waals surface area contributed by atoms with Crippen molar-refractivity contribution in [2.24, 2.45) is 0 Å². The average Bonchev–Trinajstić information content (AvgIpc) is 2.47. The maximum atomic E-state index is 12.8. The summed E-state index contributed by atoms with van der Waals surface area (Å²) < 4.78 is 17.9. The number of halogens is 1. The van der Waals surface area contributed by atoms with Crippen LogP contribution in [0.4, 0.5) is 4.39 Å². The first-order valence-electron chi connectivity index (χ1n) is 7.68. The Labute approximate surface area is 130 Å². The second kappa shape index (κ2) is 7.38. The monoisotopic (exact) mass is 307 g/mol. The molecule has 0 N–H and O–H groups in total. The second-order valence-corrected chi connectivity index (χ2v) is 5.89. The van der Waals surface area contributed by atoms with Gasteiger partial charge in [0.2, 0.25) is 0 Å². The van der Waals surface area contributed by atoms with Gasteiger partial charge >= 0.3 is 5.97 Å². The molecule has 0 radical (unpaired) electrons. The van der Waals surface area contributed by atoms with Crippen LogP contribution in [0.2, 0.25) is 0 Å². The Kier molecular flexibility index (Phi) is 5.52. The van der Waals surface area contributed by atoms with Crippen molar-refractivity contribution in [2.75, 3.05) is 6.61 Å². The number of amides is 1. The molecule has 1 saturated heterocycles. The molecule has 1 aliphatic rings. The molecule has 1 aromatic carbocycles. The van der Waals surface area contributed by atoms with E-state index >= 15 is 0 Å². The fourth-order valence-corrected chi connectivity index (χ4v) is 2.95. The highest BCUT2D eigenvalue weighted by Gasteiger charge is 2.29. The van der Waals surface area contributed by atoms with E-state index in [4.69, 9.17) is 4.74 Å². The van der Waals surface area contributed by atoms with E-state index in [0.29, 0.717) is 5.56 Å². The van der Waals surface area contributed by atoms with Crippen LogP contribution in [0, 0.1) is 5.82 Å². The first-order chi connectivity index (χ1) is 10.5. The molecule has 120 valence electrons. The number of likely N-dealkylation sites (tertiary alicyclic amines) is 1. The van der Waals surface area contributed by atoms with Crippen LogP contribution in [0.25, 0.3) is 0 Å². The summed E-state index contributed by atoms with van der Waals surface area (Å²) in [6, 6.07) is 6.04. The van der Waals surface area contributed by atoms with E-state index in [1.807, 2.05) is 18.7 Å². The van der Waals surface area contributed by atoms with E-state index in [-0.39, 0.29) is 36.8 Å². The molecule has 1 amide bonds. The lowest BCUT2D eigenvalue weighted by molar-refractivity contribution is -0.154. The molecule has 0 spiro atoms. The number of esters is 1. The minimum Gasteiger partial charge on any atom is -0.455 e. The highest BCUT2D eigenvalue weighted by atomic mass is 19.1. The number of rotatable bonds is 4. The van der Waals surface area contributed by atoms with E-state index < -0.39 is 5.97 Å². The first-order valence-corrected chi connectivity index (χ1v) is 7.68. The smallest absolute Gasteiger partial charge is 0.310 e. The molecule has 22 heavy (non-hydrogen) atoms. The number of nitrogens with zero attached hydrogens (tertiary/aromatic N) is 1. The first kappa shape index (κ1) is 16.5. The van der Waals surface area contributed by atoms with Crippen LogP contribution in [0.3, 0.4) is 0 Å². The molecule has 0 saturated carbocycles. The van der Waals surface area contributed by atoms with Gasteiger partial charge in [-0.2, -0.15) is 0 Å². The molecule has 1 aliphatic heterocycles. The summed E-state index contributed by atoms with van der Waals surface area (Å²) in [4.78, 5) is 25.8. The van der Waals surface area contributed by atoms with Crippen molar-refractivity contribution in [3.05, 3.63) is 35.6 Å². The van der Waals surface area contributed by atoms with Crippen LogP contribution in [-0.2, 0) is 20.7 Å². The zero-order valence-electron chi connectivity index (χ0n) is 13.0. The Morgan fingerprint density at radius 1 is 1.18 bits per heavy atom. The molecular formula is C17H22FNO3. The van der Waals surface area contributed by atoms with Gasteiger partial charge in [0.15, 0.2) is 6.61 Å². The zero-order chi connectivity index (χ0) is 16.1. The SMILES string of the molecule is C[C@H]1CCC[C@H](C)N1C(=O)COC(=O)Cc1ccc(F)cc1. The highest BCUT2D eigenvalue weighted by Crippen LogP contribution is 2.22. The molecule has 1 heterocycles. The summed E-state index contributed by atoms with van der Waals surface area (Å²) >= 11 is 0. The third-order valence-electron chi connectivity index (χ3n) is 4.10. The van der Waals surface area contributed by atoms with Crippen molar-refractivity contribution < 1.29 is 18.7 Å². The maximum Gasteiger partial charge on any atom is 0.310 e. The number of benzene rings is 1. The minimum absolute atomic E-state index is 0.0403. The summed E-state index contributed by atoms with van der Waals surface area (Å²) in [5, 5.41) is 0. The van der Waals surface area contributed by atoms with E-state index in [2.05, 4.69) is 0 Å². The highest BCUT2D eigenvalue weighted by molar-refractivity contribution is 5.81. The van der Waals surface area contributed by atoms with Crippen molar-refractivity contribution in [2.45, 2.75) is 51.6 Å². The maximum absolute atomic E-state index is 12.8. The van der Waals surface area contributed by atoms with E-state index in [1.165, 1.54) is 24.3 Å². The van der Waals surface area contributed by atoms with E-state index in [9.17, 15) is 14.0 Å². The third-order valence-corrected chi connectivity index (χ3v) is 4.10. The van der Waals surface area contributed by atoms with Crippen molar-refractivity contribution in [3.8, 4) is 0 Å². The molecule has 0 aromatic heterocycles.